The van der Waals surface area contributed by atoms with Crippen molar-refractivity contribution in [2.24, 2.45) is 11.1 Å². The van der Waals surface area contributed by atoms with Crippen LogP contribution in [0.3, 0.4) is 0 Å². The van der Waals surface area contributed by atoms with Gasteiger partial charge in [0.1, 0.15) is 0 Å². The molecule has 1 aliphatic heterocycles. The largest absolute Gasteiger partial charge is 0.379 e. The molecular weight excluding hydrogens is 276 g/mol. The molecule has 1 aromatic rings. The summed E-state index contributed by atoms with van der Waals surface area (Å²) in [5.41, 5.74) is 6.37. The Morgan fingerprint density at radius 3 is 2.85 bits per heavy atom. The van der Waals surface area contributed by atoms with E-state index in [-0.39, 0.29) is 18.0 Å². The van der Waals surface area contributed by atoms with Crippen LogP contribution in [0, 0.1) is 5.41 Å². The lowest BCUT2D eigenvalue weighted by molar-refractivity contribution is -0.142. The van der Waals surface area contributed by atoms with Crippen molar-refractivity contribution in [1.82, 2.24) is 4.90 Å². The van der Waals surface area contributed by atoms with E-state index in [2.05, 4.69) is 0 Å². The van der Waals surface area contributed by atoms with Crippen molar-refractivity contribution in [3.63, 3.8) is 0 Å². The molecule has 0 aromatic heterocycles. The second-order valence-electron chi connectivity index (χ2n) is 5.69. The normalized spacial score (nSPS) is 27.4. The second kappa shape index (κ2) is 5.72. The van der Waals surface area contributed by atoms with Gasteiger partial charge >= 0.3 is 0 Å². The molecule has 5 heteroatoms. The number of nitrogens with zero attached hydrogens (tertiary/aromatic N) is 1. The molecular formula is C15H21ClN2O2. The van der Waals surface area contributed by atoms with Gasteiger partial charge in [0.25, 0.3) is 0 Å². The van der Waals surface area contributed by atoms with Gasteiger partial charge in [-0.05, 0) is 31.5 Å². The number of hydrogen-bond donors (Lipinski definition) is 1. The molecule has 3 atom stereocenters. The third-order valence-electron chi connectivity index (χ3n) is 4.24. The molecule has 1 saturated heterocycles. The van der Waals surface area contributed by atoms with Gasteiger partial charge in [-0.2, -0.15) is 0 Å². The zero-order chi connectivity index (χ0) is 14.9. The van der Waals surface area contributed by atoms with E-state index in [1.807, 2.05) is 38.1 Å². The van der Waals surface area contributed by atoms with Gasteiger partial charge < -0.3 is 15.4 Å². The fourth-order valence-electron chi connectivity index (χ4n) is 2.48. The smallest absolute Gasteiger partial charge is 0.232 e. The van der Waals surface area contributed by atoms with Crippen LogP contribution in [-0.4, -0.2) is 37.1 Å². The number of nitrogens with two attached hydrogens (primary N) is 1. The summed E-state index contributed by atoms with van der Waals surface area (Å²) in [6, 6.07) is 7.23. The van der Waals surface area contributed by atoms with E-state index in [1.165, 1.54) is 0 Å². The number of carbonyl (C=O) groups excluding carboxylic acids is 1. The van der Waals surface area contributed by atoms with Crippen LogP contribution in [0.25, 0.3) is 0 Å². The summed E-state index contributed by atoms with van der Waals surface area (Å²) in [5.74, 6) is 0.00924. The molecule has 0 bridgehead atoms. The molecule has 1 aliphatic rings. The topological polar surface area (TPSA) is 55.6 Å². The number of amides is 1. The summed E-state index contributed by atoms with van der Waals surface area (Å²) in [4.78, 5) is 14.4. The van der Waals surface area contributed by atoms with Crippen LogP contribution in [0.15, 0.2) is 24.3 Å². The first kappa shape index (κ1) is 15.3. The number of benzene rings is 1. The number of carbonyl (C=O) groups is 1. The highest BCUT2D eigenvalue weighted by Crippen LogP contribution is 2.32. The zero-order valence-corrected chi connectivity index (χ0v) is 12.9. The van der Waals surface area contributed by atoms with Crippen molar-refractivity contribution in [2.45, 2.75) is 25.9 Å². The summed E-state index contributed by atoms with van der Waals surface area (Å²) in [5, 5.41) is 0.669. The first-order valence-electron chi connectivity index (χ1n) is 6.72. The van der Waals surface area contributed by atoms with Crippen LogP contribution in [-0.2, 0) is 9.53 Å². The van der Waals surface area contributed by atoms with Gasteiger partial charge in [0.15, 0.2) is 0 Å². The van der Waals surface area contributed by atoms with Crippen molar-refractivity contribution in [1.29, 1.82) is 0 Å². The van der Waals surface area contributed by atoms with Gasteiger partial charge in [-0.25, -0.2) is 0 Å². The average Bonchev–Trinajstić information content (AvgIpc) is 2.77. The molecule has 0 radical (unpaired) electrons. The van der Waals surface area contributed by atoms with Crippen LogP contribution in [0.5, 0.6) is 0 Å². The lowest BCUT2D eigenvalue weighted by Crippen LogP contribution is -2.50. The van der Waals surface area contributed by atoms with Crippen LogP contribution in [0.4, 0.5) is 0 Å². The Bertz CT molecular complexity index is 508. The van der Waals surface area contributed by atoms with E-state index in [9.17, 15) is 4.79 Å². The van der Waals surface area contributed by atoms with Crippen molar-refractivity contribution in [2.75, 3.05) is 20.3 Å². The third-order valence-corrected chi connectivity index (χ3v) is 4.47. The molecule has 110 valence electrons. The average molecular weight is 297 g/mol. The quantitative estimate of drug-likeness (QED) is 0.930. The Kier molecular flexibility index (Phi) is 4.37. The lowest BCUT2D eigenvalue weighted by Gasteiger charge is -2.34. The summed E-state index contributed by atoms with van der Waals surface area (Å²) in [6.45, 7) is 4.66. The van der Waals surface area contributed by atoms with Gasteiger partial charge in [-0.3, -0.25) is 4.79 Å². The monoisotopic (exact) mass is 296 g/mol. The third kappa shape index (κ3) is 2.68. The van der Waals surface area contributed by atoms with Crippen LogP contribution < -0.4 is 5.73 Å². The number of hydrogen-bond acceptors (Lipinski definition) is 3. The van der Waals surface area contributed by atoms with Gasteiger partial charge in [0.05, 0.1) is 24.7 Å². The van der Waals surface area contributed by atoms with E-state index in [4.69, 9.17) is 22.1 Å². The highest BCUT2D eigenvalue weighted by molar-refractivity contribution is 6.30. The summed E-state index contributed by atoms with van der Waals surface area (Å²) in [7, 11) is 1.80. The number of ether oxygens (including phenoxy) is 1. The molecule has 1 heterocycles. The molecule has 2 N–H and O–H groups in total. The van der Waals surface area contributed by atoms with E-state index >= 15 is 0 Å². The first-order chi connectivity index (χ1) is 9.36. The minimum Gasteiger partial charge on any atom is -0.379 e. The molecule has 4 nitrogen and oxygen atoms in total. The molecule has 1 fully saturated rings. The molecule has 1 aromatic carbocycles. The van der Waals surface area contributed by atoms with Gasteiger partial charge in [-0.15, -0.1) is 0 Å². The summed E-state index contributed by atoms with van der Waals surface area (Å²) < 4.78 is 5.35. The van der Waals surface area contributed by atoms with Crippen molar-refractivity contribution >= 4 is 17.5 Å². The predicted octanol–water partition coefficient (Wildman–Crippen LogP) is 2.22. The maximum absolute atomic E-state index is 12.7. The fourth-order valence-corrected chi connectivity index (χ4v) is 2.68. The standard InChI is InChI=1S/C15H21ClN2O2/c1-10(11-5-4-6-12(16)7-11)18(3)14(19)15(2)9-20-8-13(15)17/h4-7,10,13H,8-9,17H2,1-3H3. The predicted molar refractivity (Wildman–Crippen MR) is 79.5 cm³/mol. The van der Waals surface area contributed by atoms with Gasteiger partial charge in [0, 0.05) is 18.1 Å². The molecule has 2 rings (SSSR count). The second-order valence-corrected chi connectivity index (χ2v) is 6.12. The van der Waals surface area contributed by atoms with E-state index in [1.54, 1.807) is 11.9 Å². The Hall–Kier alpha value is -1.10. The minimum absolute atomic E-state index is 0.00924. The van der Waals surface area contributed by atoms with Crippen LogP contribution in [0.2, 0.25) is 5.02 Å². The first-order valence-corrected chi connectivity index (χ1v) is 7.10. The van der Waals surface area contributed by atoms with E-state index < -0.39 is 5.41 Å². The Labute approximate surface area is 124 Å². The highest BCUT2D eigenvalue weighted by atomic mass is 35.5. The lowest BCUT2D eigenvalue weighted by atomic mass is 9.83. The van der Waals surface area contributed by atoms with E-state index in [0.29, 0.717) is 18.2 Å². The Morgan fingerprint density at radius 2 is 2.30 bits per heavy atom. The van der Waals surface area contributed by atoms with Crippen molar-refractivity contribution in [3.8, 4) is 0 Å². The Balaban J connectivity index is 2.18. The number of rotatable bonds is 3. The van der Waals surface area contributed by atoms with Crippen LogP contribution in [0.1, 0.15) is 25.5 Å². The van der Waals surface area contributed by atoms with Crippen molar-refractivity contribution in [3.05, 3.63) is 34.9 Å². The minimum atomic E-state index is -0.651. The highest BCUT2D eigenvalue weighted by Gasteiger charge is 2.46. The van der Waals surface area contributed by atoms with Gasteiger partial charge in [-0.1, -0.05) is 23.7 Å². The van der Waals surface area contributed by atoms with Crippen molar-refractivity contribution < 1.29 is 9.53 Å². The zero-order valence-electron chi connectivity index (χ0n) is 12.1. The SMILES string of the molecule is CC(c1cccc(Cl)c1)N(C)C(=O)C1(C)COCC1N. The van der Waals surface area contributed by atoms with E-state index in [0.717, 1.165) is 5.56 Å². The van der Waals surface area contributed by atoms with Crippen LogP contribution >= 0.6 is 11.6 Å². The fraction of sp³-hybridized carbons (Fsp3) is 0.533. The molecule has 20 heavy (non-hydrogen) atoms. The number of halogens is 1. The maximum Gasteiger partial charge on any atom is 0.232 e. The summed E-state index contributed by atoms with van der Waals surface area (Å²) in [6.07, 6.45) is 0. The Morgan fingerprint density at radius 1 is 1.60 bits per heavy atom. The molecule has 3 unspecified atom stereocenters. The molecule has 0 saturated carbocycles. The maximum atomic E-state index is 12.7. The van der Waals surface area contributed by atoms with Gasteiger partial charge in [0.2, 0.25) is 5.91 Å². The molecule has 0 aliphatic carbocycles. The molecule has 1 amide bonds. The summed E-state index contributed by atoms with van der Waals surface area (Å²) >= 11 is 6.01. The molecule has 0 spiro atoms.